The zero-order valence-electron chi connectivity index (χ0n) is 16.2. The van der Waals surface area contributed by atoms with Crippen molar-refractivity contribution in [2.75, 3.05) is 31.2 Å². The van der Waals surface area contributed by atoms with Crippen LogP contribution in [0, 0.1) is 6.92 Å². The fraction of sp³-hybridized carbons (Fsp3) is 0.273. The van der Waals surface area contributed by atoms with Gasteiger partial charge in [0.05, 0.1) is 41.4 Å². The average molecular weight is 407 g/mol. The third-order valence-corrected chi connectivity index (χ3v) is 6.27. The average Bonchev–Trinajstić information content (AvgIpc) is 3.41. The Hall–Kier alpha value is -2.74. The van der Waals surface area contributed by atoms with Gasteiger partial charge in [-0.25, -0.2) is 9.67 Å². The van der Waals surface area contributed by atoms with Crippen LogP contribution in [0.15, 0.2) is 48.7 Å². The lowest BCUT2D eigenvalue weighted by atomic mass is 10.1. The van der Waals surface area contributed by atoms with Crippen LogP contribution in [0.25, 0.3) is 27.3 Å². The Balaban J connectivity index is 1.60. The molecule has 0 bridgehead atoms. The quantitative estimate of drug-likeness (QED) is 0.559. The second kappa shape index (κ2) is 7.59. The van der Waals surface area contributed by atoms with Crippen molar-refractivity contribution >= 4 is 27.2 Å². The lowest BCUT2D eigenvalue weighted by Gasteiger charge is -2.29. The van der Waals surface area contributed by atoms with E-state index in [1.807, 2.05) is 29.1 Å². The predicted octanol–water partition coefficient (Wildman–Crippen LogP) is 3.79. The standard InChI is InChI=1S/C22H22N4O2S/c1-15-3-2-4-16(11-15)18-5-6-26(24-18)21-13-20(25-7-9-28-10-8-25)22-19(23-21)12-17(14-27)29-22/h2-6,11-13,27H,7-10,14H2,1H3. The van der Waals surface area contributed by atoms with E-state index in [2.05, 4.69) is 36.1 Å². The summed E-state index contributed by atoms with van der Waals surface area (Å²) in [4.78, 5) is 8.09. The van der Waals surface area contributed by atoms with E-state index in [1.165, 1.54) is 5.56 Å². The Morgan fingerprint density at radius 3 is 2.79 bits per heavy atom. The number of hydrogen-bond acceptors (Lipinski definition) is 6. The first kappa shape index (κ1) is 18.3. The molecule has 0 spiro atoms. The Bertz CT molecular complexity index is 1160. The SMILES string of the molecule is Cc1cccc(-c2ccn(-c3cc(N4CCOCC4)c4sc(CO)cc4n3)n2)c1. The molecule has 1 aliphatic rings. The molecule has 4 aromatic rings. The molecular formula is C22H22N4O2S. The molecule has 1 aromatic carbocycles. The van der Waals surface area contributed by atoms with Crippen molar-refractivity contribution in [1.29, 1.82) is 0 Å². The molecule has 0 aliphatic carbocycles. The topological polar surface area (TPSA) is 63.4 Å². The van der Waals surface area contributed by atoms with E-state index >= 15 is 0 Å². The van der Waals surface area contributed by atoms with E-state index in [0.29, 0.717) is 0 Å². The number of benzene rings is 1. The van der Waals surface area contributed by atoms with Gasteiger partial charge in [-0.05, 0) is 25.1 Å². The maximum absolute atomic E-state index is 9.61. The first-order valence-electron chi connectivity index (χ1n) is 9.71. The highest BCUT2D eigenvalue weighted by Gasteiger charge is 2.19. The molecule has 7 heteroatoms. The van der Waals surface area contributed by atoms with Crippen molar-refractivity contribution in [2.24, 2.45) is 0 Å². The minimum absolute atomic E-state index is 0.0260. The van der Waals surface area contributed by atoms with Gasteiger partial charge < -0.3 is 14.7 Å². The van der Waals surface area contributed by atoms with Crippen LogP contribution >= 0.6 is 11.3 Å². The van der Waals surface area contributed by atoms with Gasteiger partial charge in [-0.1, -0.05) is 23.8 Å². The summed E-state index contributed by atoms with van der Waals surface area (Å²) in [5.41, 5.74) is 5.25. The number of anilines is 1. The molecule has 4 heterocycles. The summed E-state index contributed by atoms with van der Waals surface area (Å²) in [6, 6.07) is 14.4. The van der Waals surface area contributed by atoms with Crippen LogP contribution in [0.1, 0.15) is 10.4 Å². The van der Waals surface area contributed by atoms with Crippen molar-refractivity contribution in [3.05, 3.63) is 59.1 Å². The van der Waals surface area contributed by atoms with Gasteiger partial charge in [0.15, 0.2) is 5.82 Å². The number of rotatable bonds is 4. The van der Waals surface area contributed by atoms with E-state index in [1.54, 1.807) is 11.3 Å². The minimum atomic E-state index is 0.0260. The first-order valence-corrected chi connectivity index (χ1v) is 10.5. The summed E-state index contributed by atoms with van der Waals surface area (Å²) < 4.78 is 8.46. The van der Waals surface area contributed by atoms with Crippen LogP contribution in [-0.2, 0) is 11.3 Å². The molecule has 0 unspecified atom stereocenters. The molecule has 1 N–H and O–H groups in total. The van der Waals surface area contributed by atoms with Gasteiger partial charge in [0.2, 0.25) is 0 Å². The van der Waals surface area contributed by atoms with E-state index in [9.17, 15) is 5.11 Å². The third kappa shape index (κ3) is 3.53. The minimum Gasteiger partial charge on any atom is -0.391 e. The Kier molecular flexibility index (Phi) is 4.79. The van der Waals surface area contributed by atoms with Crippen LogP contribution in [0.5, 0.6) is 0 Å². The lowest BCUT2D eigenvalue weighted by Crippen LogP contribution is -2.36. The summed E-state index contributed by atoms with van der Waals surface area (Å²) in [7, 11) is 0. The highest BCUT2D eigenvalue weighted by Crippen LogP contribution is 2.35. The Labute approximate surface area is 173 Å². The smallest absolute Gasteiger partial charge is 0.156 e. The second-order valence-electron chi connectivity index (χ2n) is 7.20. The summed E-state index contributed by atoms with van der Waals surface area (Å²) in [6.07, 6.45) is 1.95. The third-order valence-electron chi connectivity index (χ3n) is 5.14. The molecule has 1 fully saturated rings. The monoisotopic (exact) mass is 406 g/mol. The molecule has 3 aromatic heterocycles. The highest BCUT2D eigenvalue weighted by molar-refractivity contribution is 7.19. The number of fused-ring (bicyclic) bond motifs is 1. The zero-order valence-corrected chi connectivity index (χ0v) is 17.0. The lowest BCUT2D eigenvalue weighted by molar-refractivity contribution is 0.123. The molecule has 0 radical (unpaired) electrons. The summed E-state index contributed by atoms with van der Waals surface area (Å²) in [5.74, 6) is 0.778. The fourth-order valence-electron chi connectivity index (χ4n) is 3.69. The van der Waals surface area contributed by atoms with Crippen LogP contribution in [0.3, 0.4) is 0 Å². The van der Waals surface area contributed by atoms with Gasteiger partial charge in [-0.15, -0.1) is 11.3 Å². The van der Waals surface area contributed by atoms with Gasteiger partial charge >= 0.3 is 0 Å². The van der Waals surface area contributed by atoms with Crippen molar-refractivity contribution in [2.45, 2.75) is 13.5 Å². The normalized spacial score (nSPS) is 14.6. The van der Waals surface area contributed by atoms with Crippen molar-refractivity contribution in [3.8, 4) is 17.1 Å². The number of ether oxygens (including phenoxy) is 1. The number of aliphatic hydroxyl groups is 1. The largest absolute Gasteiger partial charge is 0.391 e. The maximum Gasteiger partial charge on any atom is 0.156 e. The van der Waals surface area contributed by atoms with E-state index < -0.39 is 0 Å². The molecule has 1 saturated heterocycles. The van der Waals surface area contributed by atoms with Crippen LogP contribution in [0.4, 0.5) is 5.69 Å². The molecule has 6 nitrogen and oxygen atoms in total. The summed E-state index contributed by atoms with van der Waals surface area (Å²) in [5, 5.41) is 14.4. The number of aliphatic hydroxyl groups excluding tert-OH is 1. The van der Waals surface area contributed by atoms with Crippen molar-refractivity contribution in [3.63, 3.8) is 0 Å². The van der Waals surface area contributed by atoms with Crippen molar-refractivity contribution < 1.29 is 9.84 Å². The molecular weight excluding hydrogens is 384 g/mol. The number of hydrogen-bond donors (Lipinski definition) is 1. The number of nitrogens with zero attached hydrogens (tertiary/aromatic N) is 4. The Morgan fingerprint density at radius 2 is 2.00 bits per heavy atom. The van der Waals surface area contributed by atoms with E-state index in [0.717, 1.165) is 64.2 Å². The number of pyridine rings is 1. The van der Waals surface area contributed by atoms with E-state index in [4.69, 9.17) is 14.8 Å². The molecule has 5 rings (SSSR count). The first-order chi connectivity index (χ1) is 14.2. The Morgan fingerprint density at radius 1 is 1.14 bits per heavy atom. The van der Waals surface area contributed by atoms with Gasteiger partial charge in [0, 0.05) is 35.8 Å². The van der Waals surface area contributed by atoms with Crippen LogP contribution < -0.4 is 4.90 Å². The number of morpholine rings is 1. The van der Waals surface area contributed by atoms with Gasteiger partial charge in [0.25, 0.3) is 0 Å². The fourth-order valence-corrected chi connectivity index (χ4v) is 4.68. The van der Waals surface area contributed by atoms with Crippen LogP contribution in [0.2, 0.25) is 0 Å². The number of thiophene rings is 1. The van der Waals surface area contributed by atoms with Gasteiger partial charge in [-0.2, -0.15) is 5.10 Å². The predicted molar refractivity (Wildman–Crippen MR) is 116 cm³/mol. The molecule has 1 aliphatic heterocycles. The number of aromatic nitrogens is 3. The second-order valence-corrected chi connectivity index (χ2v) is 8.34. The molecule has 0 saturated carbocycles. The molecule has 0 atom stereocenters. The summed E-state index contributed by atoms with van der Waals surface area (Å²) >= 11 is 1.60. The molecule has 29 heavy (non-hydrogen) atoms. The maximum atomic E-state index is 9.61. The number of aryl methyl sites for hydroxylation is 1. The summed E-state index contributed by atoms with van der Waals surface area (Å²) in [6.45, 7) is 5.24. The van der Waals surface area contributed by atoms with Crippen LogP contribution in [-0.4, -0.2) is 46.2 Å². The van der Waals surface area contributed by atoms with Gasteiger partial charge in [-0.3, -0.25) is 0 Å². The van der Waals surface area contributed by atoms with Gasteiger partial charge in [0.1, 0.15) is 0 Å². The zero-order chi connectivity index (χ0) is 19.8. The van der Waals surface area contributed by atoms with E-state index in [-0.39, 0.29) is 6.61 Å². The highest BCUT2D eigenvalue weighted by atomic mass is 32.1. The van der Waals surface area contributed by atoms with Crippen molar-refractivity contribution in [1.82, 2.24) is 14.8 Å². The molecule has 0 amide bonds. The molecule has 148 valence electrons.